The highest BCUT2D eigenvalue weighted by molar-refractivity contribution is 5.75. The Balaban J connectivity index is 2.25. The zero-order chi connectivity index (χ0) is 10.7. The molecule has 0 aromatic heterocycles. The lowest BCUT2D eigenvalue weighted by atomic mass is 9.92. The Labute approximate surface area is 88.2 Å². The number of halogens is 1. The molecule has 0 aliphatic heterocycles. The van der Waals surface area contributed by atoms with E-state index in [1.807, 2.05) is 30.3 Å². The Morgan fingerprint density at radius 2 is 2.00 bits per heavy atom. The van der Waals surface area contributed by atoms with Gasteiger partial charge in [0.15, 0.2) is 0 Å². The molecule has 0 fully saturated rings. The van der Waals surface area contributed by atoms with E-state index in [0.717, 1.165) is 11.1 Å². The number of alkyl halides is 1. The monoisotopic (exact) mass is 199 g/mol. The molecule has 0 N–H and O–H groups in total. The maximum atomic E-state index is 13.5. The maximum Gasteiger partial charge on any atom is 0.218 e. The Morgan fingerprint density at radius 1 is 1.27 bits per heavy atom. The average molecular weight is 199 g/mol. The van der Waals surface area contributed by atoms with Crippen LogP contribution in [0.2, 0.25) is 0 Å². The molecule has 1 nitrogen and oxygen atoms in total. The van der Waals surface area contributed by atoms with Crippen LogP contribution < -0.4 is 0 Å². The van der Waals surface area contributed by atoms with Crippen LogP contribution in [0.1, 0.15) is 12.0 Å². The van der Waals surface area contributed by atoms with Crippen LogP contribution in [0.25, 0.3) is 5.57 Å². The lowest BCUT2D eigenvalue weighted by molar-refractivity contribution is 0.310. The third-order valence-corrected chi connectivity index (χ3v) is 2.44. The summed E-state index contributed by atoms with van der Waals surface area (Å²) in [5, 5.41) is 8.60. The molecule has 0 heterocycles. The fourth-order valence-corrected chi connectivity index (χ4v) is 1.54. The van der Waals surface area contributed by atoms with Gasteiger partial charge in [-0.15, -0.1) is 0 Å². The van der Waals surface area contributed by atoms with Crippen molar-refractivity contribution in [2.75, 3.05) is 0 Å². The SMILES string of the molecule is N#CC1(F)C=CC(c2ccccc2)=CC1. The van der Waals surface area contributed by atoms with Gasteiger partial charge in [-0.3, -0.25) is 0 Å². The summed E-state index contributed by atoms with van der Waals surface area (Å²) in [5.74, 6) is 0. The minimum Gasteiger partial charge on any atom is -0.222 e. The van der Waals surface area contributed by atoms with Gasteiger partial charge in [0.1, 0.15) is 6.07 Å². The average Bonchev–Trinajstić information content (AvgIpc) is 2.31. The highest BCUT2D eigenvalue weighted by Gasteiger charge is 2.26. The van der Waals surface area contributed by atoms with E-state index in [1.54, 1.807) is 18.2 Å². The molecule has 0 amide bonds. The third-order valence-electron chi connectivity index (χ3n) is 2.44. The second kappa shape index (κ2) is 3.70. The molecular weight excluding hydrogens is 189 g/mol. The molecule has 15 heavy (non-hydrogen) atoms. The molecule has 0 spiro atoms. The van der Waals surface area contributed by atoms with E-state index < -0.39 is 5.67 Å². The van der Waals surface area contributed by atoms with Gasteiger partial charge in [-0.1, -0.05) is 42.5 Å². The van der Waals surface area contributed by atoms with Gasteiger partial charge in [-0.05, 0) is 17.2 Å². The molecule has 0 radical (unpaired) electrons. The fraction of sp³-hybridized carbons (Fsp3) is 0.154. The van der Waals surface area contributed by atoms with Crippen LogP contribution in [-0.2, 0) is 0 Å². The topological polar surface area (TPSA) is 23.8 Å². The molecule has 0 bridgehead atoms. The van der Waals surface area contributed by atoms with Crippen LogP contribution in [0, 0.1) is 11.3 Å². The summed E-state index contributed by atoms with van der Waals surface area (Å²) in [7, 11) is 0. The third kappa shape index (κ3) is 1.97. The van der Waals surface area contributed by atoms with Crippen molar-refractivity contribution < 1.29 is 4.39 Å². The molecular formula is C13H10FN. The lowest BCUT2D eigenvalue weighted by Crippen LogP contribution is -2.17. The summed E-state index contributed by atoms with van der Waals surface area (Å²) in [6, 6.07) is 11.4. The van der Waals surface area contributed by atoms with Crippen LogP contribution in [0.15, 0.2) is 48.6 Å². The number of allylic oxidation sites excluding steroid dienone is 4. The minimum atomic E-state index is -1.82. The number of rotatable bonds is 1. The Kier molecular flexibility index (Phi) is 2.39. The van der Waals surface area contributed by atoms with E-state index >= 15 is 0 Å². The highest BCUT2D eigenvalue weighted by Crippen LogP contribution is 2.28. The van der Waals surface area contributed by atoms with Crippen molar-refractivity contribution in [2.24, 2.45) is 0 Å². The number of nitrogens with zero attached hydrogens (tertiary/aromatic N) is 1. The number of hydrogen-bond acceptors (Lipinski definition) is 1. The summed E-state index contributed by atoms with van der Waals surface area (Å²) >= 11 is 0. The van der Waals surface area contributed by atoms with Crippen LogP contribution in [0.5, 0.6) is 0 Å². The smallest absolute Gasteiger partial charge is 0.218 e. The van der Waals surface area contributed by atoms with Crippen LogP contribution in [-0.4, -0.2) is 5.67 Å². The van der Waals surface area contributed by atoms with E-state index in [1.165, 1.54) is 6.08 Å². The quantitative estimate of drug-likeness (QED) is 0.681. The molecule has 1 aromatic rings. The van der Waals surface area contributed by atoms with E-state index in [-0.39, 0.29) is 6.42 Å². The first-order valence-corrected chi connectivity index (χ1v) is 4.78. The predicted octanol–water partition coefficient (Wildman–Crippen LogP) is 3.26. The Bertz CT molecular complexity index is 453. The Hall–Kier alpha value is -1.88. The van der Waals surface area contributed by atoms with Crippen LogP contribution in [0.3, 0.4) is 0 Å². The van der Waals surface area contributed by atoms with Crippen molar-refractivity contribution in [2.45, 2.75) is 12.1 Å². The molecule has 1 atom stereocenters. The summed E-state index contributed by atoms with van der Waals surface area (Å²) < 4.78 is 13.5. The zero-order valence-corrected chi connectivity index (χ0v) is 8.15. The van der Waals surface area contributed by atoms with Crippen molar-refractivity contribution in [3.8, 4) is 6.07 Å². The van der Waals surface area contributed by atoms with Gasteiger partial charge in [-0.2, -0.15) is 5.26 Å². The van der Waals surface area contributed by atoms with Crippen molar-refractivity contribution in [3.63, 3.8) is 0 Å². The molecule has 1 aliphatic carbocycles. The fourth-order valence-electron chi connectivity index (χ4n) is 1.54. The first-order valence-electron chi connectivity index (χ1n) is 4.78. The van der Waals surface area contributed by atoms with Gasteiger partial charge in [0.05, 0.1) is 0 Å². The molecule has 2 rings (SSSR count). The first kappa shape index (κ1) is 9.67. The molecule has 1 aliphatic rings. The number of benzene rings is 1. The van der Waals surface area contributed by atoms with E-state index in [4.69, 9.17) is 5.26 Å². The summed E-state index contributed by atoms with van der Waals surface area (Å²) in [6.45, 7) is 0. The van der Waals surface area contributed by atoms with Gasteiger partial charge in [0.2, 0.25) is 5.67 Å². The first-order chi connectivity index (χ1) is 7.23. The summed E-state index contributed by atoms with van der Waals surface area (Å²) in [4.78, 5) is 0. The molecule has 0 saturated carbocycles. The molecule has 2 heteroatoms. The largest absolute Gasteiger partial charge is 0.222 e. The lowest BCUT2D eigenvalue weighted by Gasteiger charge is -2.16. The van der Waals surface area contributed by atoms with E-state index in [2.05, 4.69) is 0 Å². The normalized spacial score (nSPS) is 24.4. The zero-order valence-electron chi connectivity index (χ0n) is 8.15. The second-order valence-corrected chi connectivity index (χ2v) is 3.54. The molecule has 0 saturated heterocycles. The molecule has 1 unspecified atom stereocenters. The summed E-state index contributed by atoms with van der Waals surface area (Å²) in [5.41, 5.74) is 0.200. The van der Waals surface area contributed by atoms with Crippen molar-refractivity contribution in [1.82, 2.24) is 0 Å². The maximum absolute atomic E-state index is 13.5. The van der Waals surface area contributed by atoms with Gasteiger partial charge < -0.3 is 0 Å². The van der Waals surface area contributed by atoms with Gasteiger partial charge in [-0.25, -0.2) is 4.39 Å². The number of nitriles is 1. The van der Waals surface area contributed by atoms with Crippen molar-refractivity contribution in [3.05, 3.63) is 54.1 Å². The van der Waals surface area contributed by atoms with Gasteiger partial charge in [0.25, 0.3) is 0 Å². The van der Waals surface area contributed by atoms with Crippen LogP contribution >= 0.6 is 0 Å². The highest BCUT2D eigenvalue weighted by atomic mass is 19.1. The molecule has 74 valence electrons. The van der Waals surface area contributed by atoms with E-state index in [0.29, 0.717) is 0 Å². The standard InChI is InChI=1S/C13H10FN/c14-13(10-15)8-6-12(7-9-13)11-4-2-1-3-5-11/h1-8H,9H2. The van der Waals surface area contributed by atoms with Gasteiger partial charge >= 0.3 is 0 Å². The van der Waals surface area contributed by atoms with Crippen molar-refractivity contribution in [1.29, 1.82) is 5.26 Å². The Morgan fingerprint density at radius 3 is 2.53 bits per heavy atom. The van der Waals surface area contributed by atoms with Crippen LogP contribution in [0.4, 0.5) is 4.39 Å². The van der Waals surface area contributed by atoms with E-state index in [9.17, 15) is 4.39 Å². The van der Waals surface area contributed by atoms with Gasteiger partial charge in [0, 0.05) is 6.42 Å². The minimum absolute atomic E-state index is 0.129. The van der Waals surface area contributed by atoms with Crippen molar-refractivity contribution >= 4 is 5.57 Å². The predicted molar refractivity (Wildman–Crippen MR) is 57.6 cm³/mol. The molecule has 1 aromatic carbocycles. The summed E-state index contributed by atoms with van der Waals surface area (Å²) in [6.07, 6.45) is 4.89. The number of hydrogen-bond donors (Lipinski definition) is 0. The second-order valence-electron chi connectivity index (χ2n) is 3.54.